The van der Waals surface area contributed by atoms with Gasteiger partial charge in [-0.25, -0.2) is 0 Å². The molecule has 0 heterocycles. The van der Waals surface area contributed by atoms with Gasteiger partial charge in [-0.3, -0.25) is 0 Å². The third-order valence-electron chi connectivity index (χ3n) is 1.99. The minimum absolute atomic E-state index is 0.217. The normalized spacial score (nSPS) is 10.9. The summed E-state index contributed by atoms with van der Waals surface area (Å²) in [6.45, 7) is 7.34. The highest BCUT2D eigenvalue weighted by molar-refractivity contribution is 5.22. The number of hydrogen-bond donors (Lipinski definition) is 0. The molecule has 1 aromatic carbocycles. The van der Waals surface area contributed by atoms with E-state index in [1.54, 1.807) is 0 Å². The third-order valence-corrected chi connectivity index (χ3v) is 1.99. The van der Waals surface area contributed by atoms with E-state index in [1.165, 1.54) is 5.56 Å². The number of ether oxygens (including phenoxy) is 2. The maximum Gasteiger partial charge on any atom is 0.183 e. The summed E-state index contributed by atoms with van der Waals surface area (Å²) in [4.78, 5) is 0. The van der Waals surface area contributed by atoms with Gasteiger partial charge in [0.25, 0.3) is 0 Å². The van der Waals surface area contributed by atoms with E-state index in [4.69, 9.17) is 9.47 Å². The fraction of sp³-hybridized carbons (Fsp3) is 0.500. The van der Waals surface area contributed by atoms with Crippen LogP contribution in [0, 0.1) is 6.92 Å². The Hall–Kier alpha value is -0.860. The molecular formula is C12H18O2. The van der Waals surface area contributed by atoms with Crippen LogP contribution in [0.4, 0.5) is 0 Å². The lowest BCUT2D eigenvalue weighted by Crippen LogP contribution is -2.08. The molecule has 0 saturated heterocycles. The van der Waals surface area contributed by atoms with Crippen LogP contribution in [-0.2, 0) is 9.47 Å². The molecule has 0 aromatic heterocycles. The monoisotopic (exact) mass is 194 g/mol. The molecule has 0 spiro atoms. The predicted molar refractivity (Wildman–Crippen MR) is 57.2 cm³/mol. The fourth-order valence-corrected chi connectivity index (χ4v) is 1.27. The summed E-state index contributed by atoms with van der Waals surface area (Å²) in [7, 11) is 0. The second-order valence-corrected chi connectivity index (χ2v) is 3.15. The minimum Gasteiger partial charge on any atom is -0.349 e. The predicted octanol–water partition coefficient (Wildman–Crippen LogP) is 3.07. The van der Waals surface area contributed by atoms with Crippen LogP contribution in [0.2, 0.25) is 0 Å². The van der Waals surface area contributed by atoms with Crippen LogP contribution in [0.25, 0.3) is 0 Å². The van der Waals surface area contributed by atoms with E-state index in [-0.39, 0.29) is 6.29 Å². The maximum absolute atomic E-state index is 5.49. The van der Waals surface area contributed by atoms with E-state index in [2.05, 4.69) is 19.1 Å². The first kappa shape index (κ1) is 11.2. The lowest BCUT2D eigenvalue weighted by molar-refractivity contribution is -0.140. The summed E-state index contributed by atoms with van der Waals surface area (Å²) in [5, 5.41) is 0. The van der Waals surface area contributed by atoms with Gasteiger partial charge in [0, 0.05) is 18.8 Å². The first-order chi connectivity index (χ1) is 6.77. The molecule has 0 N–H and O–H groups in total. The maximum atomic E-state index is 5.49. The van der Waals surface area contributed by atoms with Crippen molar-refractivity contribution in [1.82, 2.24) is 0 Å². The van der Waals surface area contributed by atoms with E-state index >= 15 is 0 Å². The Kier molecular flexibility index (Phi) is 4.63. The zero-order valence-corrected chi connectivity index (χ0v) is 9.12. The van der Waals surface area contributed by atoms with Gasteiger partial charge in [-0.2, -0.15) is 0 Å². The largest absolute Gasteiger partial charge is 0.349 e. The number of benzene rings is 1. The molecule has 0 atom stereocenters. The molecule has 2 heteroatoms. The molecule has 0 aliphatic carbocycles. The first-order valence-corrected chi connectivity index (χ1v) is 5.07. The summed E-state index contributed by atoms with van der Waals surface area (Å²) in [6, 6.07) is 8.23. The molecule has 0 aliphatic rings. The standard InChI is InChI=1S/C12H18O2/c1-4-13-12(14-5-2)11-8-6-10(3)7-9-11/h6-9,12H,4-5H2,1-3H3. The SMILES string of the molecule is CCOC(OCC)c1ccc(C)cc1. The van der Waals surface area contributed by atoms with Crippen LogP contribution in [0.3, 0.4) is 0 Å². The lowest BCUT2D eigenvalue weighted by atomic mass is 10.1. The molecule has 1 rings (SSSR count). The molecule has 0 bridgehead atoms. The second-order valence-electron chi connectivity index (χ2n) is 3.15. The Morgan fingerprint density at radius 2 is 1.50 bits per heavy atom. The molecule has 14 heavy (non-hydrogen) atoms. The smallest absolute Gasteiger partial charge is 0.183 e. The molecule has 0 amide bonds. The van der Waals surface area contributed by atoms with E-state index in [0.717, 1.165) is 5.56 Å². The molecule has 0 saturated carbocycles. The summed E-state index contributed by atoms with van der Waals surface area (Å²) < 4.78 is 11.0. The van der Waals surface area contributed by atoms with Crippen molar-refractivity contribution in [2.24, 2.45) is 0 Å². The van der Waals surface area contributed by atoms with Crippen LogP contribution >= 0.6 is 0 Å². The summed E-state index contributed by atoms with van der Waals surface area (Å²) in [5.74, 6) is 0. The molecule has 0 fully saturated rings. The number of aryl methyl sites for hydroxylation is 1. The van der Waals surface area contributed by atoms with Crippen molar-refractivity contribution in [3.05, 3.63) is 35.4 Å². The third kappa shape index (κ3) is 3.13. The van der Waals surface area contributed by atoms with Crippen molar-refractivity contribution < 1.29 is 9.47 Å². The topological polar surface area (TPSA) is 18.5 Å². The molecule has 78 valence electrons. The molecule has 2 nitrogen and oxygen atoms in total. The highest BCUT2D eigenvalue weighted by atomic mass is 16.7. The highest BCUT2D eigenvalue weighted by Crippen LogP contribution is 2.18. The van der Waals surface area contributed by atoms with Crippen LogP contribution in [0.5, 0.6) is 0 Å². The zero-order chi connectivity index (χ0) is 10.4. The number of rotatable bonds is 5. The van der Waals surface area contributed by atoms with Gasteiger partial charge >= 0.3 is 0 Å². The van der Waals surface area contributed by atoms with Gasteiger partial charge in [-0.15, -0.1) is 0 Å². The van der Waals surface area contributed by atoms with Gasteiger partial charge in [0.2, 0.25) is 0 Å². The van der Waals surface area contributed by atoms with Crippen LogP contribution in [0.1, 0.15) is 31.3 Å². The second kappa shape index (κ2) is 5.78. The Labute approximate surface area is 85.8 Å². The van der Waals surface area contributed by atoms with Crippen molar-refractivity contribution in [3.63, 3.8) is 0 Å². The van der Waals surface area contributed by atoms with Crippen LogP contribution < -0.4 is 0 Å². The molecule has 1 aromatic rings. The molecule has 0 unspecified atom stereocenters. The molecular weight excluding hydrogens is 176 g/mol. The van der Waals surface area contributed by atoms with Crippen LogP contribution in [-0.4, -0.2) is 13.2 Å². The molecule has 0 aliphatic heterocycles. The number of hydrogen-bond acceptors (Lipinski definition) is 2. The Balaban J connectivity index is 2.71. The van der Waals surface area contributed by atoms with Gasteiger partial charge in [-0.1, -0.05) is 29.8 Å². The van der Waals surface area contributed by atoms with Gasteiger partial charge in [0.15, 0.2) is 6.29 Å². The van der Waals surface area contributed by atoms with Gasteiger partial charge < -0.3 is 9.47 Å². The van der Waals surface area contributed by atoms with E-state index in [0.29, 0.717) is 13.2 Å². The van der Waals surface area contributed by atoms with Crippen molar-refractivity contribution in [2.75, 3.05) is 13.2 Å². The zero-order valence-electron chi connectivity index (χ0n) is 9.12. The van der Waals surface area contributed by atoms with Gasteiger partial charge in [-0.05, 0) is 20.8 Å². The minimum atomic E-state index is -0.217. The van der Waals surface area contributed by atoms with Crippen molar-refractivity contribution in [1.29, 1.82) is 0 Å². The lowest BCUT2D eigenvalue weighted by Gasteiger charge is -2.17. The van der Waals surface area contributed by atoms with Crippen molar-refractivity contribution in [2.45, 2.75) is 27.1 Å². The van der Waals surface area contributed by atoms with Gasteiger partial charge in [0.1, 0.15) is 0 Å². The Morgan fingerprint density at radius 1 is 1.00 bits per heavy atom. The van der Waals surface area contributed by atoms with Crippen molar-refractivity contribution in [3.8, 4) is 0 Å². The summed E-state index contributed by atoms with van der Waals surface area (Å²) in [6.07, 6.45) is -0.217. The van der Waals surface area contributed by atoms with Crippen molar-refractivity contribution >= 4 is 0 Å². The average Bonchev–Trinajstić information content (AvgIpc) is 2.19. The van der Waals surface area contributed by atoms with E-state index in [9.17, 15) is 0 Å². The summed E-state index contributed by atoms with van der Waals surface area (Å²) in [5.41, 5.74) is 2.33. The quantitative estimate of drug-likeness (QED) is 0.671. The average molecular weight is 194 g/mol. The van der Waals surface area contributed by atoms with E-state index in [1.807, 2.05) is 26.0 Å². The Bertz CT molecular complexity index is 248. The first-order valence-electron chi connectivity index (χ1n) is 5.07. The molecule has 0 radical (unpaired) electrons. The van der Waals surface area contributed by atoms with Crippen LogP contribution in [0.15, 0.2) is 24.3 Å². The van der Waals surface area contributed by atoms with E-state index < -0.39 is 0 Å². The summed E-state index contributed by atoms with van der Waals surface area (Å²) >= 11 is 0. The fourth-order valence-electron chi connectivity index (χ4n) is 1.27. The Morgan fingerprint density at radius 3 is 1.93 bits per heavy atom. The highest BCUT2D eigenvalue weighted by Gasteiger charge is 2.09. The van der Waals surface area contributed by atoms with Gasteiger partial charge in [0.05, 0.1) is 0 Å².